The Kier molecular flexibility index (Phi) is 4.91. The van der Waals surface area contributed by atoms with Gasteiger partial charge in [-0.15, -0.1) is 11.6 Å². The van der Waals surface area contributed by atoms with Crippen LogP contribution in [0.25, 0.3) is 0 Å². The molecular weight excluding hydrogens is 221 g/mol. The highest BCUT2D eigenvalue weighted by molar-refractivity contribution is 6.30. The molecule has 0 spiro atoms. The second-order valence-corrected chi connectivity index (χ2v) is 3.63. The minimum absolute atomic E-state index is 0.649. The lowest BCUT2D eigenvalue weighted by atomic mass is 10.3. The number of methoxy groups -OCH3 is 1. The van der Waals surface area contributed by atoms with Gasteiger partial charge in [-0.2, -0.15) is 0 Å². The van der Waals surface area contributed by atoms with Crippen LogP contribution in [0.15, 0.2) is 18.2 Å². The van der Waals surface area contributed by atoms with E-state index in [0.29, 0.717) is 10.9 Å². The molecule has 2 nitrogen and oxygen atoms in total. The van der Waals surface area contributed by atoms with Crippen molar-refractivity contribution in [1.82, 2.24) is 0 Å². The molecule has 1 rings (SSSR count). The van der Waals surface area contributed by atoms with Crippen molar-refractivity contribution in [3.05, 3.63) is 23.2 Å². The molecule has 0 bridgehead atoms. The second kappa shape index (κ2) is 5.99. The summed E-state index contributed by atoms with van der Waals surface area (Å²) >= 11 is 11.4. The van der Waals surface area contributed by atoms with E-state index in [2.05, 4.69) is 5.32 Å². The van der Waals surface area contributed by atoms with Crippen LogP contribution in [0, 0.1) is 0 Å². The molecule has 0 amide bonds. The average molecular weight is 234 g/mol. The van der Waals surface area contributed by atoms with Gasteiger partial charge < -0.3 is 10.1 Å². The molecule has 0 radical (unpaired) electrons. The van der Waals surface area contributed by atoms with E-state index in [1.807, 2.05) is 12.1 Å². The Bertz CT molecular complexity index is 291. The predicted octanol–water partition coefficient (Wildman–Crippen LogP) is 3.39. The Morgan fingerprint density at radius 3 is 2.86 bits per heavy atom. The van der Waals surface area contributed by atoms with Gasteiger partial charge in [-0.1, -0.05) is 11.6 Å². The van der Waals surface area contributed by atoms with Crippen LogP contribution in [0.2, 0.25) is 5.02 Å². The van der Waals surface area contributed by atoms with Crippen LogP contribution >= 0.6 is 23.2 Å². The number of halogens is 2. The van der Waals surface area contributed by atoms with Crippen molar-refractivity contribution in [2.45, 2.75) is 6.42 Å². The molecule has 1 aromatic carbocycles. The van der Waals surface area contributed by atoms with Crippen LogP contribution in [0.5, 0.6) is 5.75 Å². The fraction of sp³-hybridized carbons (Fsp3) is 0.400. The SMILES string of the molecule is COc1ccc(Cl)cc1NCCCCl. The minimum Gasteiger partial charge on any atom is -0.495 e. The number of hydrogen-bond acceptors (Lipinski definition) is 2. The van der Waals surface area contributed by atoms with Crippen molar-refractivity contribution in [2.75, 3.05) is 24.9 Å². The Balaban J connectivity index is 2.67. The largest absolute Gasteiger partial charge is 0.495 e. The molecule has 0 heterocycles. The Morgan fingerprint density at radius 1 is 1.43 bits per heavy atom. The Labute approximate surface area is 94.2 Å². The zero-order valence-corrected chi connectivity index (χ0v) is 9.53. The zero-order chi connectivity index (χ0) is 10.4. The van der Waals surface area contributed by atoms with Crippen molar-refractivity contribution in [3.8, 4) is 5.75 Å². The minimum atomic E-state index is 0.649. The highest BCUT2D eigenvalue weighted by atomic mass is 35.5. The highest BCUT2D eigenvalue weighted by Crippen LogP contribution is 2.27. The number of alkyl halides is 1. The molecule has 0 saturated heterocycles. The summed E-state index contributed by atoms with van der Waals surface area (Å²) in [7, 11) is 1.63. The Morgan fingerprint density at radius 2 is 2.21 bits per heavy atom. The van der Waals surface area contributed by atoms with E-state index >= 15 is 0 Å². The topological polar surface area (TPSA) is 21.3 Å². The van der Waals surface area contributed by atoms with Crippen molar-refractivity contribution < 1.29 is 4.74 Å². The van der Waals surface area contributed by atoms with E-state index in [0.717, 1.165) is 24.4 Å². The monoisotopic (exact) mass is 233 g/mol. The predicted molar refractivity (Wildman–Crippen MR) is 61.8 cm³/mol. The molecule has 0 unspecified atom stereocenters. The van der Waals surface area contributed by atoms with Crippen LogP contribution in [0.1, 0.15) is 6.42 Å². The fourth-order valence-electron chi connectivity index (χ4n) is 1.11. The molecule has 0 aliphatic carbocycles. The summed E-state index contributed by atoms with van der Waals surface area (Å²) in [5, 5.41) is 3.91. The van der Waals surface area contributed by atoms with Crippen molar-refractivity contribution in [3.63, 3.8) is 0 Å². The van der Waals surface area contributed by atoms with Gasteiger partial charge in [-0.3, -0.25) is 0 Å². The summed E-state index contributed by atoms with van der Waals surface area (Å²) in [5.74, 6) is 1.44. The summed E-state index contributed by atoms with van der Waals surface area (Å²) in [6.45, 7) is 0.820. The molecule has 0 atom stereocenters. The number of nitrogens with one attached hydrogen (secondary N) is 1. The number of ether oxygens (including phenoxy) is 1. The quantitative estimate of drug-likeness (QED) is 0.622. The van der Waals surface area contributed by atoms with Gasteiger partial charge in [0.05, 0.1) is 12.8 Å². The van der Waals surface area contributed by atoms with Gasteiger partial charge in [-0.25, -0.2) is 0 Å². The van der Waals surface area contributed by atoms with E-state index < -0.39 is 0 Å². The molecule has 0 aromatic heterocycles. The van der Waals surface area contributed by atoms with Crippen LogP contribution < -0.4 is 10.1 Å². The summed E-state index contributed by atoms with van der Waals surface area (Å²) in [5.41, 5.74) is 0.908. The Hall–Kier alpha value is -0.600. The third-order valence-corrected chi connectivity index (χ3v) is 2.29. The van der Waals surface area contributed by atoms with Gasteiger partial charge in [0.15, 0.2) is 0 Å². The third kappa shape index (κ3) is 3.28. The molecule has 1 aromatic rings. The lowest BCUT2D eigenvalue weighted by Crippen LogP contribution is -2.03. The second-order valence-electron chi connectivity index (χ2n) is 2.81. The first-order valence-electron chi connectivity index (χ1n) is 4.41. The van der Waals surface area contributed by atoms with Gasteiger partial charge in [-0.05, 0) is 24.6 Å². The molecule has 0 saturated carbocycles. The standard InChI is InChI=1S/C10H13Cl2NO/c1-14-10-4-3-8(12)7-9(10)13-6-2-5-11/h3-4,7,13H,2,5-6H2,1H3. The number of hydrogen-bond donors (Lipinski definition) is 1. The zero-order valence-electron chi connectivity index (χ0n) is 8.02. The molecular formula is C10H13Cl2NO. The molecule has 0 fully saturated rings. The van der Waals surface area contributed by atoms with E-state index in [-0.39, 0.29) is 0 Å². The lowest BCUT2D eigenvalue weighted by Gasteiger charge is -2.10. The molecule has 0 aliphatic rings. The fourth-order valence-corrected chi connectivity index (χ4v) is 1.41. The molecule has 1 N–H and O–H groups in total. The first-order valence-corrected chi connectivity index (χ1v) is 5.32. The third-order valence-electron chi connectivity index (χ3n) is 1.79. The first kappa shape index (κ1) is 11.5. The van der Waals surface area contributed by atoms with Gasteiger partial charge in [0.2, 0.25) is 0 Å². The normalized spacial score (nSPS) is 9.93. The first-order chi connectivity index (χ1) is 6.77. The van der Waals surface area contributed by atoms with Crippen LogP contribution in [0.4, 0.5) is 5.69 Å². The maximum atomic E-state index is 5.86. The summed E-state index contributed by atoms with van der Waals surface area (Å²) < 4.78 is 5.18. The van der Waals surface area contributed by atoms with E-state index in [1.165, 1.54) is 0 Å². The van der Waals surface area contributed by atoms with Crippen LogP contribution in [-0.4, -0.2) is 19.5 Å². The smallest absolute Gasteiger partial charge is 0.142 e. The van der Waals surface area contributed by atoms with Crippen molar-refractivity contribution in [1.29, 1.82) is 0 Å². The number of benzene rings is 1. The number of rotatable bonds is 5. The summed E-state index contributed by atoms with van der Waals surface area (Å²) in [6.07, 6.45) is 0.914. The number of anilines is 1. The van der Waals surface area contributed by atoms with Gasteiger partial charge in [0.25, 0.3) is 0 Å². The highest BCUT2D eigenvalue weighted by Gasteiger charge is 2.02. The molecule has 4 heteroatoms. The summed E-state index contributed by atoms with van der Waals surface area (Å²) in [6, 6.07) is 5.48. The maximum absolute atomic E-state index is 5.86. The van der Waals surface area contributed by atoms with Gasteiger partial charge in [0, 0.05) is 17.4 Å². The van der Waals surface area contributed by atoms with Gasteiger partial charge in [0.1, 0.15) is 5.75 Å². The molecule has 14 heavy (non-hydrogen) atoms. The van der Waals surface area contributed by atoms with E-state index in [4.69, 9.17) is 27.9 Å². The van der Waals surface area contributed by atoms with Crippen LogP contribution in [0.3, 0.4) is 0 Å². The average Bonchev–Trinajstić information content (AvgIpc) is 2.19. The summed E-state index contributed by atoms with van der Waals surface area (Å²) in [4.78, 5) is 0. The maximum Gasteiger partial charge on any atom is 0.142 e. The van der Waals surface area contributed by atoms with Gasteiger partial charge >= 0.3 is 0 Å². The van der Waals surface area contributed by atoms with Crippen LogP contribution in [-0.2, 0) is 0 Å². The molecule has 0 aliphatic heterocycles. The van der Waals surface area contributed by atoms with Crippen molar-refractivity contribution >= 4 is 28.9 Å². The lowest BCUT2D eigenvalue weighted by molar-refractivity contribution is 0.416. The van der Waals surface area contributed by atoms with E-state index in [9.17, 15) is 0 Å². The van der Waals surface area contributed by atoms with Crippen molar-refractivity contribution in [2.24, 2.45) is 0 Å². The van der Waals surface area contributed by atoms with E-state index in [1.54, 1.807) is 13.2 Å². The molecule has 78 valence electrons.